The molecule has 1 aliphatic carbocycles. The molecule has 0 saturated heterocycles. The largest absolute Gasteiger partial charge is 0.365 e. The minimum absolute atomic E-state index is 0.187. The predicted molar refractivity (Wildman–Crippen MR) is 107 cm³/mol. The lowest BCUT2D eigenvalue weighted by atomic mass is 10.1. The first-order valence-electron chi connectivity index (χ1n) is 8.09. The van der Waals surface area contributed by atoms with Crippen molar-refractivity contribution < 1.29 is 9.59 Å². The molecule has 0 aliphatic heterocycles. The van der Waals surface area contributed by atoms with Crippen LogP contribution in [0, 0.1) is 0 Å². The molecule has 2 aromatic heterocycles. The van der Waals surface area contributed by atoms with E-state index in [1.54, 1.807) is 13.0 Å². The van der Waals surface area contributed by atoms with Crippen molar-refractivity contribution in [1.29, 1.82) is 0 Å². The number of rotatable bonds is 8. The highest BCUT2D eigenvalue weighted by atomic mass is 32.2. The number of thiophene rings is 1. The lowest BCUT2D eigenvalue weighted by Crippen LogP contribution is -2.24. The van der Waals surface area contributed by atoms with E-state index < -0.39 is 5.91 Å². The first-order chi connectivity index (χ1) is 12.5. The molecule has 0 spiro atoms. The van der Waals surface area contributed by atoms with Gasteiger partial charge >= 0.3 is 0 Å². The van der Waals surface area contributed by atoms with Gasteiger partial charge in [-0.05, 0) is 31.7 Å². The van der Waals surface area contributed by atoms with Crippen LogP contribution in [0.15, 0.2) is 17.0 Å². The summed E-state index contributed by atoms with van der Waals surface area (Å²) in [5.41, 5.74) is 7.00. The molecule has 7 nitrogen and oxygen atoms in total. The summed E-state index contributed by atoms with van der Waals surface area (Å²) >= 11 is 4.16. The van der Waals surface area contributed by atoms with Crippen LogP contribution >= 0.6 is 34.4 Å². The fourth-order valence-electron chi connectivity index (χ4n) is 2.66. The van der Waals surface area contributed by atoms with Crippen molar-refractivity contribution in [2.24, 2.45) is 5.73 Å². The first-order valence-corrected chi connectivity index (χ1v) is 10.6. The van der Waals surface area contributed by atoms with Gasteiger partial charge in [-0.2, -0.15) is 0 Å². The Bertz CT molecular complexity index is 845. The fourth-order valence-corrected chi connectivity index (χ4v) is 5.86. The van der Waals surface area contributed by atoms with E-state index in [4.69, 9.17) is 5.73 Å². The Hall–Kier alpha value is -1.91. The third-order valence-electron chi connectivity index (χ3n) is 3.86. The van der Waals surface area contributed by atoms with Crippen LogP contribution in [-0.2, 0) is 17.6 Å². The van der Waals surface area contributed by atoms with Gasteiger partial charge in [-0.15, -0.1) is 28.1 Å². The highest BCUT2D eigenvalue weighted by Gasteiger charge is 2.27. The number of nitrogens with two attached hydrogens (primary N) is 1. The number of thioether (sulfide) groups is 1. The van der Waals surface area contributed by atoms with Gasteiger partial charge in [0.1, 0.15) is 5.00 Å². The second-order valence-electron chi connectivity index (χ2n) is 5.72. The Labute approximate surface area is 163 Å². The smallest absolute Gasteiger partial charge is 0.251 e. The average Bonchev–Trinajstić information content (AvgIpc) is 3.28. The number of primary amides is 1. The normalized spacial score (nSPS) is 13.9. The molecule has 4 N–H and O–H groups in total. The van der Waals surface area contributed by atoms with E-state index in [1.165, 1.54) is 34.4 Å². The molecule has 1 aliphatic rings. The summed E-state index contributed by atoms with van der Waals surface area (Å²) in [4.78, 5) is 25.5. The Kier molecular flexibility index (Phi) is 5.94. The molecule has 0 saturated carbocycles. The first kappa shape index (κ1) is 18.9. The Morgan fingerprint density at radius 2 is 2.19 bits per heavy atom. The number of nitrogens with one attached hydrogen (secondary N) is 2. The molecule has 0 radical (unpaired) electrons. The molecule has 2 aromatic rings. The SMILES string of the molecule is C=CCNc1nnc(S[C@@H](C)C(=O)Nc2sc3c(c2C(N)=O)CCC3)s1. The topological polar surface area (TPSA) is 110 Å². The monoisotopic (exact) mass is 409 g/mol. The predicted octanol–water partition coefficient (Wildman–Crippen LogP) is 2.90. The minimum atomic E-state index is -0.484. The lowest BCUT2D eigenvalue weighted by Gasteiger charge is -2.10. The van der Waals surface area contributed by atoms with E-state index in [-0.39, 0.29) is 11.2 Å². The van der Waals surface area contributed by atoms with Crippen LogP contribution < -0.4 is 16.4 Å². The van der Waals surface area contributed by atoms with Crippen LogP contribution in [0.4, 0.5) is 10.1 Å². The van der Waals surface area contributed by atoms with Gasteiger partial charge in [-0.3, -0.25) is 9.59 Å². The summed E-state index contributed by atoms with van der Waals surface area (Å²) in [5.74, 6) is -0.671. The minimum Gasteiger partial charge on any atom is -0.365 e. The molecule has 3 rings (SSSR count). The van der Waals surface area contributed by atoms with Gasteiger partial charge in [0.05, 0.1) is 10.8 Å². The van der Waals surface area contributed by atoms with Crippen LogP contribution in [0.5, 0.6) is 0 Å². The standard InChI is InChI=1S/C16H19N5O2S3/c1-3-7-18-15-20-21-16(26-15)24-8(2)13(23)19-14-11(12(17)22)9-5-4-6-10(9)25-14/h3,8H,1,4-7H2,2H3,(H2,17,22)(H,18,20)(H,19,23)/t8-/m0/s1. The lowest BCUT2D eigenvalue weighted by molar-refractivity contribution is -0.115. The van der Waals surface area contributed by atoms with Crippen LogP contribution in [0.3, 0.4) is 0 Å². The summed E-state index contributed by atoms with van der Waals surface area (Å²) in [5, 5.41) is 14.9. The molecular formula is C16H19N5O2S3. The van der Waals surface area contributed by atoms with Gasteiger partial charge in [-0.25, -0.2) is 0 Å². The molecule has 10 heteroatoms. The number of aromatic nitrogens is 2. The number of hydrogen-bond donors (Lipinski definition) is 3. The van der Waals surface area contributed by atoms with Crippen molar-refractivity contribution >= 4 is 56.4 Å². The number of hydrogen-bond acceptors (Lipinski definition) is 8. The van der Waals surface area contributed by atoms with Crippen LogP contribution in [0.25, 0.3) is 0 Å². The van der Waals surface area contributed by atoms with E-state index in [0.717, 1.165) is 29.7 Å². The van der Waals surface area contributed by atoms with Crippen molar-refractivity contribution in [2.45, 2.75) is 35.8 Å². The Morgan fingerprint density at radius 1 is 1.38 bits per heavy atom. The zero-order valence-electron chi connectivity index (χ0n) is 14.2. The summed E-state index contributed by atoms with van der Waals surface area (Å²) in [7, 11) is 0. The summed E-state index contributed by atoms with van der Waals surface area (Å²) in [6.07, 6.45) is 4.54. The van der Waals surface area contributed by atoms with E-state index in [2.05, 4.69) is 27.4 Å². The third kappa shape index (κ3) is 4.08. The number of nitrogens with zero attached hydrogens (tertiary/aromatic N) is 2. The van der Waals surface area contributed by atoms with Crippen molar-refractivity contribution in [3.05, 3.63) is 28.7 Å². The molecule has 0 fully saturated rings. The zero-order valence-corrected chi connectivity index (χ0v) is 16.7. The second-order valence-corrected chi connectivity index (χ2v) is 9.39. The average molecular weight is 410 g/mol. The molecular weight excluding hydrogens is 390 g/mol. The molecule has 2 amide bonds. The highest BCUT2D eigenvalue weighted by Crippen LogP contribution is 2.39. The van der Waals surface area contributed by atoms with Gasteiger partial charge < -0.3 is 16.4 Å². The third-order valence-corrected chi connectivity index (χ3v) is 7.13. The molecule has 26 heavy (non-hydrogen) atoms. The van der Waals surface area contributed by atoms with E-state index >= 15 is 0 Å². The van der Waals surface area contributed by atoms with Crippen LogP contribution in [0.2, 0.25) is 0 Å². The van der Waals surface area contributed by atoms with Crippen LogP contribution in [0.1, 0.15) is 34.1 Å². The molecule has 1 atom stereocenters. The van der Waals surface area contributed by atoms with Crippen molar-refractivity contribution in [3.8, 4) is 0 Å². The molecule has 138 valence electrons. The molecule has 0 aromatic carbocycles. The second kappa shape index (κ2) is 8.19. The fraction of sp³-hybridized carbons (Fsp3) is 0.375. The quantitative estimate of drug-likeness (QED) is 0.457. The Balaban J connectivity index is 1.65. The van der Waals surface area contributed by atoms with Crippen LogP contribution in [-0.4, -0.2) is 33.8 Å². The van der Waals surface area contributed by atoms with Crippen molar-refractivity contribution in [3.63, 3.8) is 0 Å². The maximum atomic E-state index is 12.5. The number of anilines is 2. The van der Waals surface area contributed by atoms with Gasteiger partial charge in [-0.1, -0.05) is 29.2 Å². The Morgan fingerprint density at radius 3 is 2.92 bits per heavy atom. The van der Waals surface area contributed by atoms with Crippen molar-refractivity contribution in [2.75, 3.05) is 17.2 Å². The summed E-state index contributed by atoms with van der Waals surface area (Å²) in [6.45, 7) is 6.04. The highest BCUT2D eigenvalue weighted by molar-refractivity contribution is 8.02. The maximum absolute atomic E-state index is 12.5. The number of amides is 2. The zero-order chi connectivity index (χ0) is 18.7. The van der Waals surface area contributed by atoms with E-state index in [9.17, 15) is 9.59 Å². The van der Waals surface area contributed by atoms with E-state index in [0.29, 0.717) is 26.6 Å². The maximum Gasteiger partial charge on any atom is 0.251 e. The molecule has 0 bridgehead atoms. The van der Waals surface area contributed by atoms with Gasteiger partial charge in [0.2, 0.25) is 11.0 Å². The molecule has 0 unspecified atom stereocenters. The van der Waals surface area contributed by atoms with Gasteiger partial charge in [0.25, 0.3) is 5.91 Å². The number of carbonyl (C=O) groups excluding carboxylic acids is 2. The van der Waals surface area contributed by atoms with Crippen molar-refractivity contribution in [1.82, 2.24) is 10.2 Å². The number of carbonyl (C=O) groups is 2. The summed E-state index contributed by atoms with van der Waals surface area (Å²) < 4.78 is 0.697. The van der Waals surface area contributed by atoms with Gasteiger partial charge in [0, 0.05) is 11.4 Å². The molecule has 2 heterocycles. The number of aryl methyl sites for hydroxylation is 1. The number of fused-ring (bicyclic) bond motifs is 1. The van der Waals surface area contributed by atoms with Gasteiger partial charge in [0.15, 0.2) is 4.34 Å². The summed E-state index contributed by atoms with van der Waals surface area (Å²) in [6, 6.07) is 0. The van der Waals surface area contributed by atoms with E-state index in [1.807, 2.05) is 0 Å².